The van der Waals surface area contributed by atoms with Gasteiger partial charge in [0, 0.05) is 0 Å². The minimum atomic E-state index is -0.317. The fourth-order valence-electron chi connectivity index (χ4n) is 1.41. The molecule has 78 valence electrons. The lowest BCUT2D eigenvalue weighted by Crippen LogP contribution is -2.14. The SMILES string of the molecule is Cc1ccc(C(N)c2nn[nH]n2)cc1C. The lowest BCUT2D eigenvalue weighted by Gasteiger charge is -2.09. The van der Waals surface area contributed by atoms with Crippen LogP contribution in [0, 0.1) is 13.8 Å². The monoisotopic (exact) mass is 203 g/mol. The summed E-state index contributed by atoms with van der Waals surface area (Å²) in [6.07, 6.45) is 0. The zero-order chi connectivity index (χ0) is 10.8. The number of benzene rings is 1. The van der Waals surface area contributed by atoms with Gasteiger partial charge in [0.2, 0.25) is 0 Å². The van der Waals surface area contributed by atoms with Crippen LogP contribution in [0.15, 0.2) is 18.2 Å². The van der Waals surface area contributed by atoms with Crippen molar-refractivity contribution in [2.75, 3.05) is 0 Å². The molecule has 5 heteroatoms. The number of aryl methyl sites for hydroxylation is 2. The summed E-state index contributed by atoms with van der Waals surface area (Å²) >= 11 is 0. The molecule has 1 aromatic heterocycles. The van der Waals surface area contributed by atoms with E-state index in [1.54, 1.807) is 0 Å². The maximum atomic E-state index is 5.99. The second-order valence-electron chi connectivity index (χ2n) is 3.59. The van der Waals surface area contributed by atoms with Crippen molar-refractivity contribution < 1.29 is 0 Å². The number of nitrogens with one attached hydrogen (secondary N) is 1. The summed E-state index contributed by atoms with van der Waals surface area (Å²) in [4.78, 5) is 0. The van der Waals surface area contributed by atoms with E-state index in [4.69, 9.17) is 5.73 Å². The lowest BCUT2D eigenvalue weighted by atomic mass is 10.0. The van der Waals surface area contributed by atoms with E-state index in [1.807, 2.05) is 12.1 Å². The first-order chi connectivity index (χ1) is 7.18. The molecule has 0 fully saturated rings. The van der Waals surface area contributed by atoms with Crippen LogP contribution in [0.5, 0.6) is 0 Å². The number of aromatic amines is 1. The normalized spacial score (nSPS) is 12.7. The number of aromatic nitrogens is 4. The van der Waals surface area contributed by atoms with Crippen LogP contribution < -0.4 is 5.73 Å². The molecule has 5 nitrogen and oxygen atoms in total. The van der Waals surface area contributed by atoms with E-state index < -0.39 is 0 Å². The van der Waals surface area contributed by atoms with Crippen molar-refractivity contribution in [2.45, 2.75) is 19.9 Å². The average molecular weight is 203 g/mol. The Hall–Kier alpha value is -1.75. The van der Waals surface area contributed by atoms with Gasteiger partial charge in [-0.25, -0.2) is 0 Å². The van der Waals surface area contributed by atoms with Crippen LogP contribution in [0.2, 0.25) is 0 Å². The maximum Gasteiger partial charge on any atom is 0.195 e. The number of hydrogen-bond donors (Lipinski definition) is 2. The molecular weight excluding hydrogens is 190 g/mol. The largest absolute Gasteiger partial charge is 0.318 e. The van der Waals surface area contributed by atoms with E-state index in [9.17, 15) is 0 Å². The second kappa shape index (κ2) is 3.78. The van der Waals surface area contributed by atoms with Crippen molar-refractivity contribution >= 4 is 0 Å². The Morgan fingerprint density at radius 2 is 2.07 bits per heavy atom. The number of H-pyrrole nitrogens is 1. The summed E-state index contributed by atoms with van der Waals surface area (Å²) in [5, 5.41) is 13.6. The molecule has 0 amide bonds. The molecule has 0 spiro atoms. The minimum Gasteiger partial charge on any atom is -0.318 e. The maximum absolute atomic E-state index is 5.99. The smallest absolute Gasteiger partial charge is 0.195 e. The molecule has 1 aromatic carbocycles. The second-order valence-corrected chi connectivity index (χ2v) is 3.59. The predicted octanol–water partition coefficient (Wildman–Crippen LogP) is 0.865. The van der Waals surface area contributed by atoms with Crippen molar-refractivity contribution in [3.63, 3.8) is 0 Å². The zero-order valence-electron chi connectivity index (χ0n) is 8.73. The molecular formula is C10H13N5. The predicted molar refractivity (Wildman–Crippen MR) is 56.1 cm³/mol. The standard InChI is InChI=1S/C10H13N5/c1-6-3-4-8(5-7(6)2)9(11)10-12-14-15-13-10/h3-5,9H,11H2,1-2H3,(H,12,13,14,15). The summed E-state index contributed by atoms with van der Waals surface area (Å²) in [6.45, 7) is 4.13. The van der Waals surface area contributed by atoms with Crippen LogP contribution in [0.4, 0.5) is 0 Å². The van der Waals surface area contributed by atoms with E-state index in [0.29, 0.717) is 5.82 Å². The fraction of sp³-hybridized carbons (Fsp3) is 0.300. The molecule has 1 heterocycles. The molecule has 0 aliphatic heterocycles. The molecule has 1 atom stereocenters. The molecule has 2 aromatic rings. The third kappa shape index (κ3) is 1.87. The van der Waals surface area contributed by atoms with E-state index in [1.165, 1.54) is 11.1 Å². The Morgan fingerprint density at radius 3 is 2.67 bits per heavy atom. The summed E-state index contributed by atoms with van der Waals surface area (Å²) in [5.41, 5.74) is 9.46. The van der Waals surface area contributed by atoms with Gasteiger partial charge >= 0.3 is 0 Å². The topological polar surface area (TPSA) is 80.5 Å². The lowest BCUT2D eigenvalue weighted by molar-refractivity contribution is 0.784. The quantitative estimate of drug-likeness (QED) is 0.758. The molecule has 0 aliphatic rings. The molecule has 0 bridgehead atoms. The van der Waals surface area contributed by atoms with Gasteiger partial charge in [0.15, 0.2) is 5.82 Å². The van der Waals surface area contributed by atoms with Gasteiger partial charge in [-0.05, 0) is 30.5 Å². The van der Waals surface area contributed by atoms with Crippen molar-refractivity contribution in [2.24, 2.45) is 5.73 Å². The Labute approximate surface area is 87.7 Å². The Kier molecular flexibility index (Phi) is 2.47. The van der Waals surface area contributed by atoms with Crippen molar-refractivity contribution in [3.8, 4) is 0 Å². The van der Waals surface area contributed by atoms with Gasteiger partial charge in [-0.1, -0.05) is 23.4 Å². The van der Waals surface area contributed by atoms with Gasteiger partial charge in [-0.3, -0.25) is 0 Å². The molecule has 0 saturated heterocycles. The number of nitrogens with two attached hydrogens (primary N) is 1. The Bertz CT molecular complexity index is 449. The van der Waals surface area contributed by atoms with Gasteiger partial charge in [0.1, 0.15) is 0 Å². The van der Waals surface area contributed by atoms with Crippen LogP contribution >= 0.6 is 0 Å². The van der Waals surface area contributed by atoms with Crippen LogP contribution in [0.25, 0.3) is 0 Å². The highest BCUT2D eigenvalue weighted by molar-refractivity contribution is 5.33. The molecule has 0 aliphatic carbocycles. The molecule has 2 rings (SSSR count). The third-order valence-electron chi connectivity index (χ3n) is 2.53. The molecule has 0 radical (unpaired) electrons. The fourth-order valence-corrected chi connectivity index (χ4v) is 1.41. The van der Waals surface area contributed by atoms with E-state index in [0.717, 1.165) is 5.56 Å². The summed E-state index contributed by atoms with van der Waals surface area (Å²) in [7, 11) is 0. The van der Waals surface area contributed by atoms with Crippen LogP contribution in [0.1, 0.15) is 28.6 Å². The average Bonchev–Trinajstić information content (AvgIpc) is 2.74. The summed E-state index contributed by atoms with van der Waals surface area (Å²) in [6, 6.07) is 5.77. The molecule has 3 N–H and O–H groups in total. The van der Waals surface area contributed by atoms with E-state index >= 15 is 0 Å². The van der Waals surface area contributed by atoms with Gasteiger partial charge in [-0.2, -0.15) is 5.21 Å². The third-order valence-corrected chi connectivity index (χ3v) is 2.53. The van der Waals surface area contributed by atoms with Gasteiger partial charge < -0.3 is 5.73 Å². The number of hydrogen-bond acceptors (Lipinski definition) is 4. The molecule has 0 saturated carbocycles. The van der Waals surface area contributed by atoms with Crippen LogP contribution in [-0.2, 0) is 0 Å². The first kappa shape index (κ1) is 9.79. The van der Waals surface area contributed by atoms with Crippen molar-refractivity contribution in [1.29, 1.82) is 0 Å². The van der Waals surface area contributed by atoms with E-state index in [-0.39, 0.29) is 6.04 Å². The number of tetrazole rings is 1. The van der Waals surface area contributed by atoms with Crippen LogP contribution in [-0.4, -0.2) is 20.6 Å². The van der Waals surface area contributed by atoms with E-state index in [2.05, 4.69) is 40.5 Å². The Balaban J connectivity index is 2.34. The molecule has 15 heavy (non-hydrogen) atoms. The first-order valence-corrected chi connectivity index (χ1v) is 4.74. The highest BCUT2D eigenvalue weighted by Crippen LogP contribution is 2.18. The van der Waals surface area contributed by atoms with Crippen LogP contribution in [0.3, 0.4) is 0 Å². The van der Waals surface area contributed by atoms with Crippen molar-refractivity contribution in [3.05, 3.63) is 40.7 Å². The highest BCUT2D eigenvalue weighted by Gasteiger charge is 2.13. The minimum absolute atomic E-state index is 0.317. The Morgan fingerprint density at radius 1 is 1.27 bits per heavy atom. The highest BCUT2D eigenvalue weighted by atomic mass is 15.5. The number of nitrogens with zero attached hydrogens (tertiary/aromatic N) is 3. The van der Waals surface area contributed by atoms with Gasteiger partial charge in [0.25, 0.3) is 0 Å². The number of rotatable bonds is 2. The molecule has 1 unspecified atom stereocenters. The first-order valence-electron chi connectivity index (χ1n) is 4.74. The van der Waals surface area contributed by atoms with Gasteiger partial charge in [-0.15, -0.1) is 10.2 Å². The summed E-state index contributed by atoms with van der Waals surface area (Å²) < 4.78 is 0. The van der Waals surface area contributed by atoms with Crippen molar-refractivity contribution in [1.82, 2.24) is 20.6 Å². The zero-order valence-corrected chi connectivity index (χ0v) is 8.73. The summed E-state index contributed by atoms with van der Waals surface area (Å²) in [5.74, 6) is 0.512. The van der Waals surface area contributed by atoms with Gasteiger partial charge in [0.05, 0.1) is 6.04 Å².